The highest BCUT2D eigenvalue weighted by Gasteiger charge is 2.54. The molecule has 2 rings (SSSR count). The van der Waals surface area contributed by atoms with Crippen molar-refractivity contribution in [1.82, 2.24) is 0 Å². The summed E-state index contributed by atoms with van der Waals surface area (Å²) in [6, 6.07) is 5.66. The maximum absolute atomic E-state index is 6.29. The van der Waals surface area contributed by atoms with Crippen molar-refractivity contribution in [3.8, 4) is 5.75 Å². The van der Waals surface area contributed by atoms with Crippen molar-refractivity contribution in [2.24, 2.45) is 0 Å². The van der Waals surface area contributed by atoms with Crippen molar-refractivity contribution in [3.05, 3.63) is 18.2 Å². The molecule has 0 amide bonds. The van der Waals surface area contributed by atoms with Gasteiger partial charge in [-0.05, 0) is 33.3 Å². The molecule has 0 radical (unpaired) electrons. The number of ether oxygens (including phenoxy) is 1. The second-order valence-electron chi connectivity index (χ2n) is 6.38. The van der Waals surface area contributed by atoms with Gasteiger partial charge in [-0.15, -0.1) is 0 Å². The van der Waals surface area contributed by atoms with Crippen LogP contribution in [0.15, 0.2) is 18.2 Å². The Morgan fingerprint density at radius 1 is 1.24 bits per heavy atom. The summed E-state index contributed by atoms with van der Waals surface area (Å²) in [5.74, 6) is 0.637. The number of nitrogens with two attached hydrogens (primary N) is 1. The number of anilines is 1. The third-order valence-corrected chi connectivity index (χ3v) is 4.58. The summed E-state index contributed by atoms with van der Waals surface area (Å²) < 4.78 is 17.9. The Kier molecular flexibility index (Phi) is 4.54. The van der Waals surface area contributed by atoms with Gasteiger partial charge in [0, 0.05) is 5.46 Å². The van der Waals surface area contributed by atoms with E-state index in [1.807, 2.05) is 18.2 Å². The smallest absolute Gasteiger partial charge is 0.495 e. The van der Waals surface area contributed by atoms with Gasteiger partial charge in [-0.2, -0.15) is 0 Å². The fraction of sp³-hybridized carbons (Fsp3) is 0.625. The van der Waals surface area contributed by atoms with Gasteiger partial charge in [-0.1, -0.05) is 31.9 Å². The second kappa shape index (κ2) is 5.89. The molecule has 1 aromatic carbocycles. The van der Waals surface area contributed by atoms with E-state index in [4.69, 9.17) is 19.8 Å². The Bertz CT molecular complexity index is 506. The lowest BCUT2D eigenvalue weighted by molar-refractivity contribution is -0.0169. The van der Waals surface area contributed by atoms with E-state index in [9.17, 15) is 0 Å². The molecular formula is C16H26BNO3. The molecule has 1 fully saturated rings. The van der Waals surface area contributed by atoms with Gasteiger partial charge in [0.2, 0.25) is 0 Å². The lowest BCUT2D eigenvalue weighted by Crippen LogP contribution is -2.44. The number of methoxy groups -OCH3 is 1. The summed E-state index contributed by atoms with van der Waals surface area (Å²) in [4.78, 5) is 0. The van der Waals surface area contributed by atoms with Crippen LogP contribution in [0.2, 0.25) is 0 Å². The predicted molar refractivity (Wildman–Crippen MR) is 87.0 cm³/mol. The summed E-state index contributed by atoms with van der Waals surface area (Å²) in [5, 5.41) is 0. The van der Waals surface area contributed by atoms with Crippen molar-refractivity contribution < 1.29 is 14.0 Å². The second-order valence-corrected chi connectivity index (χ2v) is 6.38. The molecule has 4 nitrogen and oxygen atoms in total. The zero-order valence-corrected chi connectivity index (χ0v) is 13.7. The first kappa shape index (κ1) is 16.2. The third kappa shape index (κ3) is 2.90. The number of para-hydroxylation sites is 1. The molecule has 116 valence electrons. The van der Waals surface area contributed by atoms with Crippen molar-refractivity contribution in [2.75, 3.05) is 12.8 Å². The fourth-order valence-electron chi connectivity index (χ4n) is 2.79. The maximum atomic E-state index is 6.29. The van der Waals surface area contributed by atoms with Crippen molar-refractivity contribution in [3.63, 3.8) is 0 Å². The molecule has 0 bridgehead atoms. The minimum absolute atomic E-state index is 0.316. The van der Waals surface area contributed by atoms with E-state index in [1.54, 1.807) is 7.11 Å². The van der Waals surface area contributed by atoms with Crippen LogP contribution in [0.5, 0.6) is 5.75 Å². The van der Waals surface area contributed by atoms with Gasteiger partial charge in [0.25, 0.3) is 0 Å². The quantitative estimate of drug-likeness (QED) is 0.669. The van der Waals surface area contributed by atoms with Crippen LogP contribution >= 0.6 is 0 Å². The van der Waals surface area contributed by atoms with Gasteiger partial charge in [0.1, 0.15) is 5.75 Å². The van der Waals surface area contributed by atoms with Gasteiger partial charge in [-0.25, -0.2) is 0 Å². The molecule has 2 N–H and O–H groups in total. The number of hydrogen-bond donors (Lipinski definition) is 1. The number of hydrogen-bond acceptors (Lipinski definition) is 4. The topological polar surface area (TPSA) is 53.7 Å². The van der Waals surface area contributed by atoms with Crippen LogP contribution in [-0.2, 0) is 9.31 Å². The van der Waals surface area contributed by atoms with Gasteiger partial charge in [0.15, 0.2) is 0 Å². The molecule has 1 saturated heterocycles. The van der Waals surface area contributed by atoms with E-state index in [1.165, 1.54) is 0 Å². The third-order valence-electron chi connectivity index (χ3n) is 4.58. The standard InChI is InChI=1S/C16H26BNO3/c1-6-7-11-16(4)15(2,3)20-17(21-16)12-9-8-10-13(18)14(12)19-5/h8-10H,6-7,11,18H2,1-5H3. The first-order valence-corrected chi connectivity index (χ1v) is 7.62. The average Bonchev–Trinajstić information content (AvgIpc) is 2.67. The fourth-order valence-corrected chi connectivity index (χ4v) is 2.79. The molecule has 0 saturated carbocycles. The Balaban J connectivity index is 2.30. The molecule has 21 heavy (non-hydrogen) atoms. The Hall–Kier alpha value is -1.20. The molecule has 1 aromatic rings. The largest absolute Gasteiger partial charge is 0.498 e. The Morgan fingerprint density at radius 2 is 1.95 bits per heavy atom. The van der Waals surface area contributed by atoms with Gasteiger partial charge in [-0.3, -0.25) is 0 Å². The van der Waals surface area contributed by atoms with Gasteiger partial charge >= 0.3 is 7.12 Å². The highest BCUT2D eigenvalue weighted by Crippen LogP contribution is 2.41. The van der Waals surface area contributed by atoms with Crippen LogP contribution in [-0.4, -0.2) is 25.4 Å². The summed E-state index contributed by atoms with van der Waals surface area (Å²) >= 11 is 0. The Morgan fingerprint density at radius 3 is 2.57 bits per heavy atom. The first-order chi connectivity index (χ1) is 9.84. The molecule has 1 heterocycles. The molecule has 5 heteroatoms. The minimum atomic E-state index is -0.444. The van der Waals surface area contributed by atoms with E-state index >= 15 is 0 Å². The average molecular weight is 291 g/mol. The van der Waals surface area contributed by atoms with E-state index in [2.05, 4.69) is 27.7 Å². The summed E-state index contributed by atoms with van der Waals surface area (Å²) in [6.45, 7) is 8.48. The minimum Gasteiger partial charge on any atom is -0.495 e. The lowest BCUT2D eigenvalue weighted by atomic mass is 9.78. The zero-order valence-electron chi connectivity index (χ0n) is 13.7. The molecule has 1 atom stereocenters. The predicted octanol–water partition coefficient (Wildman–Crippen LogP) is 2.75. The molecule has 0 spiro atoms. The highest BCUT2D eigenvalue weighted by atomic mass is 16.7. The van der Waals surface area contributed by atoms with Crippen LogP contribution in [0.3, 0.4) is 0 Å². The van der Waals surface area contributed by atoms with Gasteiger partial charge in [0.05, 0.1) is 24.0 Å². The molecule has 1 aliphatic rings. The lowest BCUT2D eigenvalue weighted by Gasteiger charge is -2.36. The Labute approximate surface area is 128 Å². The highest BCUT2D eigenvalue weighted by molar-refractivity contribution is 6.63. The summed E-state index contributed by atoms with van der Waals surface area (Å²) in [7, 11) is 1.17. The summed E-state index contributed by atoms with van der Waals surface area (Å²) in [6.07, 6.45) is 3.23. The molecule has 1 unspecified atom stereocenters. The number of rotatable bonds is 5. The van der Waals surface area contributed by atoms with Crippen molar-refractivity contribution in [2.45, 2.75) is 58.2 Å². The van der Waals surface area contributed by atoms with Crippen LogP contribution < -0.4 is 15.9 Å². The normalized spacial score (nSPS) is 24.3. The van der Waals surface area contributed by atoms with E-state index in [0.717, 1.165) is 24.7 Å². The molecular weight excluding hydrogens is 265 g/mol. The van der Waals surface area contributed by atoms with Gasteiger partial charge < -0.3 is 19.8 Å². The van der Waals surface area contributed by atoms with Crippen LogP contribution in [0.25, 0.3) is 0 Å². The van der Waals surface area contributed by atoms with E-state index in [-0.39, 0.29) is 11.2 Å². The van der Waals surface area contributed by atoms with E-state index < -0.39 is 7.12 Å². The van der Waals surface area contributed by atoms with Crippen molar-refractivity contribution >= 4 is 18.3 Å². The monoisotopic (exact) mass is 291 g/mol. The number of nitrogen functional groups attached to an aromatic ring is 1. The van der Waals surface area contributed by atoms with Crippen LogP contribution in [0, 0.1) is 0 Å². The van der Waals surface area contributed by atoms with Crippen molar-refractivity contribution in [1.29, 1.82) is 0 Å². The number of unbranched alkanes of at least 4 members (excludes halogenated alkanes) is 1. The van der Waals surface area contributed by atoms with E-state index in [0.29, 0.717) is 11.4 Å². The molecule has 1 aliphatic heterocycles. The number of benzene rings is 1. The molecule has 0 aliphatic carbocycles. The zero-order chi connectivity index (χ0) is 15.7. The van der Waals surface area contributed by atoms with Crippen LogP contribution in [0.1, 0.15) is 47.0 Å². The SMILES string of the molecule is CCCCC1(C)OB(c2cccc(N)c2OC)OC1(C)C. The maximum Gasteiger partial charge on any atom is 0.498 e. The molecule has 0 aromatic heterocycles. The van der Waals surface area contributed by atoms with Crippen LogP contribution in [0.4, 0.5) is 5.69 Å². The first-order valence-electron chi connectivity index (χ1n) is 7.62. The summed E-state index contributed by atoms with van der Waals surface area (Å²) in [5.41, 5.74) is 6.76.